The summed E-state index contributed by atoms with van der Waals surface area (Å²) >= 11 is 0. The van der Waals surface area contributed by atoms with Crippen molar-refractivity contribution in [1.82, 2.24) is 14.2 Å². The summed E-state index contributed by atoms with van der Waals surface area (Å²) in [5.74, 6) is -0.0604. The van der Waals surface area contributed by atoms with Crippen LogP contribution in [-0.2, 0) is 21.3 Å². The largest absolute Gasteiger partial charge is 0.383 e. The van der Waals surface area contributed by atoms with Crippen LogP contribution >= 0.6 is 0 Å². The highest BCUT2D eigenvalue weighted by Crippen LogP contribution is 2.23. The van der Waals surface area contributed by atoms with E-state index in [0.717, 1.165) is 27.6 Å². The first kappa shape index (κ1) is 25.9. The summed E-state index contributed by atoms with van der Waals surface area (Å²) in [6.07, 6.45) is 2.58. The van der Waals surface area contributed by atoms with Crippen LogP contribution in [0.4, 0.5) is 0 Å². The maximum absolute atomic E-state index is 13.2. The molecule has 0 saturated heterocycles. The first-order valence-corrected chi connectivity index (χ1v) is 13.0. The van der Waals surface area contributed by atoms with Crippen molar-refractivity contribution in [3.05, 3.63) is 64.8 Å². The Morgan fingerprint density at radius 1 is 1.12 bits per heavy atom. The van der Waals surface area contributed by atoms with Crippen LogP contribution in [0.2, 0.25) is 0 Å². The number of hydrogen-bond acceptors (Lipinski definition) is 4. The summed E-state index contributed by atoms with van der Waals surface area (Å²) in [5.41, 5.74) is 4.11. The Bertz CT molecular complexity index is 1260. The standard InChI is InChI=1S/C26H35N3O4S/c1-7-23(27-34(31,32)25-19(3)14-18(2)15-20(25)4)17-29-11-10-21-16-22(8-9-24(21)29)26(30)28(5)12-13-33-6/h8-11,14-16,23,27H,7,12-13,17H2,1-6H3/t23-/m0/s1. The van der Waals surface area contributed by atoms with Crippen LogP contribution in [0.15, 0.2) is 47.5 Å². The Morgan fingerprint density at radius 2 is 1.79 bits per heavy atom. The number of benzene rings is 2. The molecular formula is C26H35N3O4S. The normalized spacial score (nSPS) is 12.8. The zero-order valence-electron chi connectivity index (χ0n) is 20.9. The van der Waals surface area contributed by atoms with Crippen LogP contribution in [0, 0.1) is 20.8 Å². The monoisotopic (exact) mass is 485 g/mol. The van der Waals surface area contributed by atoms with Crippen LogP contribution in [0.3, 0.4) is 0 Å². The van der Waals surface area contributed by atoms with Gasteiger partial charge in [-0.25, -0.2) is 13.1 Å². The summed E-state index contributed by atoms with van der Waals surface area (Å²) in [7, 11) is -0.298. The topological polar surface area (TPSA) is 80.6 Å². The third kappa shape index (κ3) is 5.68. The van der Waals surface area contributed by atoms with E-state index in [1.54, 1.807) is 19.1 Å². The lowest BCUT2D eigenvalue weighted by molar-refractivity contribution is 0.0744. The first-order chi connectivity index (χ1) is 16.1. The van der Waals surface area contributed by atoms with Gasteiger partial charge < -0.3 is 14.2 Å². The van der Waals surface area contributed by atoms with Crippen molar-refractivity contribution in [2.45, 2.75) is 51.6 Å². The number of carbonyl (C=O) groups is 1. The molecule has 0 radical (unpaired) electrons. The number of amides is 1. The van der Waals surface area contributed by atoms with Gasteiger partial charge in [0.05, 0.1) is 11.5 Å². The summed E-state index contributed by atoms with van der Waals surface area (Å²) in [4.78, 5) is 14.7. The molecule has 0 aliphatic heterocycles. The van der Waals surface area contributed by atoms with Crippen molar-refractivity contribution in [3.8, 4) is 0 Å². The van der Waals surface area contributed by atoms with Gasteiger partial charge >= 0.3 is 0 Å². The number of methoxy groups -OCH3 is 1. The minimum Gasteiger partial charge on any atom is -0.383 e. The first-order valence-electron chi connectivity index (χ1n) is 11.5. The van der Waals surface area contributed by atoms with Gasteiger partial charge in [-0.2, -0.15) is 0 Å². The molecule has 0 aliphatic rings. The van der Waals surface area contributed by atoms with Gasteiger partial charge in [0.2, 0.25) is 10.0 Å². The van der Waals surface area contributed by atoms with Crippen molar-refractivity contribution in [1.29, 1.82) is 0 Å². The van der Waals surface area contributed by atoms with Crippen molar-refractivity contribution < 1.29 is 17.9 Å². The number of hydrogen-bond donors (Lipinski definition) is 1. The van der Waals surface area contributed by atoms with E-state index in [-0.39, 0.29) is 11.9 Å². The fourth-order valence-corrected chi connectivity index (χ4v) is 6.16. The van der Waals surface area contributed by atoms with Crippen molar-refractivity contribution in [2.24, 2.45) is 0 Å². The van der Waals surface area contributed by atoms with E-state index in [9.17, 15) is 13.2 Å². The second kappa shape index (κ2) is 10.7. The molecule has 1 amide bonds. The Balaban J connectivity index is 1.81. The lowest BCUT2D eigenvalue weighted by atomic mass is 10.1. The molecule has 7 nitrogen and oxygen atoms in total. The van der Waals surface area contributed by atoms with E-state index in [1.165, 1.54) is 0 Å². The maximum Gasteiger partial charge on any atom is 0.253 e. The number of nitrogens with one attached hydrogen (secondary N) is 1. The van der Waals surface area contributed by atoms with Gasteiger partial charge in [-0.3, -0.25) is 4.79 Å². The van der Waals surface area contributed by atoms with Crippen molar-refractivity contribution in [2.75, 3.05) is 27.3 Å². The Hall–Kier alpha value is -2.68. The SMILES string of the molecule is CC[C@@H](Cn1ccc2cc(C(=O)N(C)CCOC)ccc21)NS(=O)(=O)c1c(C)cc(C)cc1C. The zero-order valence-corrected chi connectivity index (χ0v) is 21.7. The molecule has 34 heavy (non-hydrogen) atoms. The van der Waals surface area contributed by atoms with Gasteiger partial charge in [-0.15, -0.1) is 0 Å². The van der Waals surface area contributed by atoms with Gasteiger partial charge in [0.25, 0.3) is 5.91 Å². The van der Waals surface area contributed by atoms with Crippen LogP contribution < -0.4 is 4.72 Å². The number of sulfonamides is 1. The fourth-order valence-electron chi connectivity index (χ4n) is 4.40. The van der Waals surface area contributed by atoms with Gasteiger partial charge in [0, 0.05) is 56.0 Å². The van der Waals surface area contributed by atoms with E-state index < -0.39 is 10.0 Å². The molecule has 1 N–H and O–H groups in total. The quantitative estimate of drug-likeness (QED) is 0.470. The second-order valence-electron chi connectivity index (χ2n) is 8.92. The van der Waals surface area contributed by atoms with E-state index in [0.29, 0.717) is 36.6 Å². The molecule has 0 bridgehead atoms. The van der Waals surface area contributed by atoms with Crippen molar-refractivity contribution >= 4 is 26.8 Å². The number of likely N-dealkylation sites (N-methyl/N-ethyl adjacent to an activating group) is 1. The Morgan fingerprint density at radius 3 is 2.41 bits per heavy atom. The summed E-state index contributed by atoms with van der Waals surface area (Å²) < 4.78 is 36.5. The van der Waals surface area contributed by atoms with Crippen molar-refractivity contribution in [3.63, 3.8) is 0 Å². The summed E-state index contributed by atoms with van der Waals surface area (Å²) in [6.45, 7) is 9.10. The smallest absolute Gasteiger partial charge is 0.253 e. The van der Waals surface area contributed by atoms with Crippen LogP contribution in [0.25, 0.3) is 10.9 Å². The average Bonchev–Trinajstić information content (AvgIpc) is 3.17. The highest BCUT2D eigenvalue weighted by atomic mass is 32.2. The number of aryl methyl sites for hydroxylation is 3. The van der Waals surface area contributed by atoms with Gasteiger partial charge in [-0.05, 0) is 62.6 Å². The highest BCUT2D eigenvalue weighted by Gasteiger charge is 2.24. The molecule has 3 aromatic rings. The number of ether oxygens (including phenoxy) is 1. The number of nitrogens with zero attached hydrogens (tertiary/aromatic N) is 2. The molecule has 0 saturated carbocycles. The highest BCUT2D eigenvalue weighted by molar-refractivity contribution is 7.89. The molecule has 0 spiro atoms. The zero-order chi connectivity index (χ0) is 25.0. The molecule has 0 aliphatic carbocycles. The lowest BCUT2D eigenvalue weighted by Gasteiger charge is -2.21. The number of fused-ring (bicyclic) bond motifs is 1. The van der Waals surface area contributed by atoms with Gasteiger partial charge in [0.15, 0.2) is 0 Å². The molecular weight excluding hydrogens is 450 g/mol. The maximum atomic E-state index is 13.2. The molecule has 8 heteroatoms. The summed E-state index contributed by atoms with van der Waals surface area (Å²) in [5, 5.41) is 0.939. The van der Waals surface area contributed by atoms with Gasteiger partial charge in [-0.1, -0.05) is 24.6 Å². The van der Waals surface area contributed by atoms with E-state index >= 15 is 0 Å². The molecule has 0 fully saturated rings. The van der Waals surface area contributed by atoms with Crippen LogP contribution in [0.1, 0.15) is 40.4 Å². The predicted octanol–water partition coefficient (Wildman–Crippen LogP) is 4.04. The molecule has 1 aromatic heterocycles. The Kier molecular flexibility index (Phi) is 8.17. The van der Waals surface area contributed by atoms with E-state index in [2.05, 4.69) is 4.72 Å². The number of rotatable bonds is 10. The number of carbonyl (C=O) groups excluding carboxylic acids is 1. The lowest BCUT2D eigenvalue weighted by Crippen LogP contribution is -2.38. The third-order valence-corrected chi connectivity index (χ3v) is 7.93. The predicted molar refractivity (Wildman–Crippen MR) is 136 cm³/mol. The molecule has 3 rings (SSSR count). The molecule has 2 aromatic carbocycles. The number of aromatic nitrogens is 1. The molecule has 184 valence electrons. The minimum atomic E-state index is -3.67. The minimum absolute atomic E-state index is 0.0604. The average molecular weight is 486 g/mol. The third-order valence-electron chi connectivity index (χ3n) is 6.10. The van der Waals surface area contributed by atoms with Gasteiger partial charge in [0.1, 0.15) is 0 Å². The van der Waals surface area contributed by atoms with E-state index in [1.807, 2.05) is 74.9 Å². The molecule has 0 unspecified atom stereocenters. The summed E-state index contributed by atoms with van der Waals surface area (Å²) in [6, 6.07) is 11.1. The molecule has 1 atom stereocenters. The van der Waals surface area contributed by atoms with Crippen LogP contribution in [0.5, 0.6) is 0 Å². The van der Waals surface area contributed by atoms with E-state index in [4.69, 9.17) is 4.74 Å². The second-order valence-corrected chi connectivity index (χ2v) is 10.6. The fraction of sp³-hybridized carbons (Fsp3) is 0.423. The molecule has 1 heterocycles. The Labute approximate surface area is 202 Å². The van der Waals surface area contributed by atoms with Crippen LogP contribution in [-0.4, -0.2) is 57.1 Å².